The molecule has 0 aliphatic carbocycles. The van der Waals surface area contributed by atoms with E-state index in [1.54, 1.807) is 17.0 Å². The molecule has 0 radical (unpaired) electrons. The summed E-state index contributed by atoms with van der Waals surface area (Å²) in [5, 5.41) is 3.09. The highest BCUT2D eigenvalue weighted by Crippen LogP contribution is 2.48. The third-order valence-electron chi connectivity index (χ3n) is 3.61. The molecule has 10 nitrogen and oxygen atoms in total. The van der Waals surface area contributed by atoms with Crippen molar-refractivity contribution in [3.8, 4) is 0 Å². The zero-order valence-corrected chi connectivity index (χ0v) is 17.4. The van der Waals surface area contributed by atoms with E-state index in [0.717, 1.165) is 12.8 Å². The molecule has 0 aromatic carbocycles. The Labute approximate surface area is 165 Å². The number of imidazole rings is 1. The van der Waals surface area contributed by atoms with Crippen molar-refractivity contribution in [1.29, 1.82) is 0 Å². The minimum absolute atomic E-state index is 0.0944. The molecule has 0 saturated carbocycles. The molecule has 0 spiro atoms. The summed E-state index contributed by atoms with van der Waals surface area (Å²) in [6.45, 7) is 9.57. The van der Waals surface area contributed by atoms with Gasteiger partial charge in [-0.05, 0) is 12.8 Å². The maximum Gasteiger partial charge on any atom is 0.356 e. The Morgan fingerprint density at radius 1 is 1.25 bits per heavy atom. The Hall–Kier alpha value is -2.00. The van der Waals surface area contributed by atoms with Crippen LogP contribution in [0.5, 0.6) is 0 Å². The lowest BCUT2D eigenvalue weighted by atomic mass is 10.4. The summed E-state index contributed by atoms with van der Waals surface area (Å²) in [6.07, 6.45) is 4.77. The van der Waals surface area contributed by atoms with Gasteiger partial charge in [0.25, 0.3) is 0 Å². The van der Waals surface area contributed by atoms with Crippen LogP contribution in [0, 0.1) is 0 Å². The van der Waals surface area contributed by atoms with Crippen molar-refractivity contribution in [3.63, 3.8) is 0 Å². The molecule has 0 bridgehead atoms. The summed E-state index contributed by atoms with van der Waals surface area (Å²) in [4.78, 5) is 12.8. The number of nitrogens with two attached hydrogens (primary N) is 1. The summed E-state index contributed by atoms with van der Waals surface area (Å²) >= 11 is 0. The van der Waals surface area contributed by atoms with Crippen LogP contribution in [0.3, 0.4) is 0 Å². The second kappa shape index (κ2) is 11.1. The molecule has 2 aromatic rings. The van der Waals surface area contributed by atoms with Crippen molar-refractivity contribution < 1.29 is 18.3 Å². The van der Waals surface area contributed by atoms with E-state index < -0.39 is 7.60 Å². The minimum Gasteiger partial charge on any atom is -0.368 e. The average Bonchev–Trinajstić information content (AvgIpc) is 3.09. The standard InChI is InChI=1S/C17H29N6O4P/c1-4-7-19-15-14-16(22-17(18)21-15)23(12-20-14)8-11-25-13-28(24,26-9-5-2)27-10-6-3/h4,12H,1,5-11,13H2,2-3H3,(H3,18,19,21,22). The van der Waals surface area contributed by atoms with Gasteiger partial charge < -0.3 is 29.4 Å². The van der Waals surface area contributed by atoms with Crippen molar-refractivity contribution >= 4 is 30.5 Å². The number of rotatable bonds is 14. The predicted octanol–water partition coefficient (Wildman–Crippen LogP) is 3.03. The number of nitrogens with zero attached hydrogens (tertiary/aromatic N) is 4. The van der Waals surface area contributed by atoms with Gasteiger partial charge in [0.15, 0.2) is 17.0 Å². The molecule has 0 unspecified atom stereocenters. The van der Waals surface area contributed by atoms with Crippen LogP contribution in [-0.2, 0) is 24.9 Å². The summed E-state index contributed by atoms with van der Waals surface area (Å²) < 4.78 is 30.8. The first-order valence-electron chi connectivity index (χ1n) is 9.32. The van der Waals surface area contributed by atoms with Crippen molar-refractivity contribution in [3.05, 3.63) is 19.0 Å². The zero-order valence-electron chi connectivity index (χ0n) is 16.5. The lowest BCUT2D eigenvalue weighted by Crippen LogP contribution is -2.10. The fourth-order valence-corrected chi connectivity index (χ4v) is 3.83. The van der Waals surface area contributed by atoms with Gasteiger partial charge in [-0.15, -0.1) is 6.58 Å². The molecular formula is C17H29N6O4P. The van der Waals surface area contributed by atoms with E-state index in [9.17, 15) is 4.57 Å². The van der Waals surface area contributed by atoms with Gasteiger partial charge in [0.1, 0.15) is 6.35 Å². The van der Waals surface area contributed by atoms with Crippen molar-refractivity contribution in [2.75, 3.05) is 43.8 Å². The molecule has 3 N–H and O–H groups in total. The Bertz CT molecular complexity index is 800. The third kappa shape index (κ3) is 6.27. The summed E-state index contributed by atoms with van der Waals surface area (Å²) in [7, 11) is -3.25. The Morgan fingerprint density at radius 2 is 1.96 bits per heavy atom. The van der Waals surface area contributed by atoms with E-state index in [4.69, 9.17) is 19.5 Å². The molecule has 0 aliphatic heterocycles. The Morgan fingerprint density at radius 3 is 2.61 bits per heavy atom. The number of nitrogen functional groups attached to an aromatic ring is 1. The van der Waals surface area contributed by atoms with E-state index in [1.165, 1.54) is 0 Å². The number of hydrogen-bond acceptors (Lipinski definition) is 9. The maximum atomic E-state index is 12.7. The first-order chi connectivity index (χ1) is 13.5. The van der Waals surface area contributed by atoms with E-state index in [0.29, 0.717) is 49.9 Å². The average molecular weight is 412 g/mol. The molecule has 156 valence electrons. The highest BCUT2D eigenvalue weighted by molar-refractivity contribution is 7.53. The minimum atomic E-state index is -3.25. The van der Waals surface area contributed by atoms with Gasteiger partial charge in [0.2, 0.25) is 5.95 Å². The Kier molecular flexibility index (Phi) is 8.85. The molecular weight excluding hydrogens is 383 g/mol. The molecule has 2 rings (SSSR count). The van der Waals surface area contributed by atoms with Crippen molar-refractivity contribution in [1.82, 2.24) is 19.5 Å². The molecule has 11 heteroatoms. The SMILES string of the molecule is C=CCNc1nc(N)nc2c1ncn2CCOCP(=O)(OCCC)OCCC. The number of ether oxygens (including phenoxy) is 1. The van der Waals surface area contributed by atoms with Gasteiger partial charge in [0.05, 0.1) is 26.1 Å². The van der Waals surface area contributed by atoms with E-state index in [2.05, 4.69) is 26.8 Å². The van der Waals surface area contributed by atoms with Crippen LogP contribution in [0.15, 0.2) is 19.0 Å². The van der Waals surface area contributed by atoms with Crippen LogP contribution < -0.4 is 11.1 Å². The molecule has 28 heavy (non-hydrogen) atoms. The number of aromatic nitrogens is 4. The van der Waals surface area contributed by atoms with Crippen molar-refractivity contribution in [2.45, 2.75) is 33.2 Å². The predicted molar refractivity (Wildman–Crippen MR) is 109 cm³/mol. The smallest absolute Gasteiger partial charge is 0.356 e. The highest BCUT2D eigenvalue weighted by Gasteiger charge is 2.24. The molecule has 0 amide bonds. The molecule has 2 heterocycles. The topological polar surface area (TPSA) is 126 Å². The van der Waals surface area contributed by atoms with Crippen LogP contribution in [0.4, 0.5) is 11.8 Å². The van der Waals surface area contributed by atoms with Gasteiger partial charge in [-0.2, -0.15) is 9.97 Å². The third-order valence-corrected chi connectivity index (χ3v) is 5.26. The van der Waals surface area contributed by atoms with Crippen molar-refractivity contribution in [2.24, 2.45) is 0 Å². The fourth-order valence-electron chi connectivity index (χ4n) is 2.33. The van der Waals surface area contributed by atoms with Gasteiger partial charge >= 0.3 is 7.60 Å². The summed E-state index contributed by atoms with van der Waals surface area (Å²) in [5.41, 5.74) is 7.00. The first kappa shape index (κ1) is 22.3. The molecule has 0 saturated heterocycles. The monoisotopic (exact) mass is 412 g/mol. The second-order valence-corrected chi connectivity index (χ2v) is 8.02. The van der Waals surface area contributed by atoms with E-state index in [-0.39, 0.29) is 12.3 Å². The van der Waals surface area contributed by atoms with E-state index >= 15 is 0 Å². The van der Waals surface area contributed by atoms with Gasteiger partial charge in [-0.3, -0.25) is 4.57 Å². The lowest BCUT2D eigenvalue weighted by Gasteiger charge is -2.18. The molecule has 2 aromatic heterocycles. The summed E-state index contributed by atoms with van der Waals surface area (Å²) in [5.74, 6) is 0.694. The lowest BCUT2D eigenvalue weighted by molar-refractivity contribution is 0.123. The van der Waals surface area contributed by atoms with Gasteiger partial charge in [-0.1, -0.05) is 19.9 Å². The van der Waals surface area contributed by atoms with E-state index in [1.807, 2.05) is 13.8 Å². The van der Waals surface area contributed by atoms with Crippen LogP contribution >= 0.6 is 7.60 Å². The molecule has 0 fully saturated rings. The zero-order chi connectivity index (χ0) is 20.4. The van der Waals surface area contributed by atoms with Crippen LogP contribution in [0.1, 0.15) is 26.7 Å². The number of fused-ring (bicyclic) bond motifs is 1. The quantitative estimate of drug-likeness (QED) is 0.273. The largest absolute Gasteiger partial charge is 0.368 e. The summed E-state index contributed by atoms with van der Waals surface area (Å²) in [6, 6.07) is 0. The van der Waals surface area contributed by atoms with Crippen LogP contribution in [0.25, 0.3) is 11.2 Å². The van der Waals surface area contributed by atoms with Crippen LogP contribution in [-0.4, -0.2) is 52.2 Å². The highest BCUT2D eigenvalue weighted by atomic mass is 31.2. The number of anilines is 2. The number of nitrogens with one attached hydrogen (secondary N) is 1. The normalized spacial score (nSPS) is 11.8. The maximum absolute atomic E-state index is 12.7. The van der Waals surface area contributed by atoms with Gasteiger partial charge in [0, 0.05) is 13.1 Å². The molecule has 0 aliphatic rings. The van der Waals surface area contributed by atoms with Crippen LogP contribution in [0.2, 0.25) is 0 Å². The van der Waals surface area contributed by atoms with Gasteiger partial charge in [-0.25, -0.2) is 4.98 Å². The number of hydrogen-bond donors (Lipinski definition) is 2. The first-order valence-corrected chi connectivity index (χ1v) is 11.0. The molecule has 0 atom stereocenters. The Balaban J connectivity index is 1.98. The second-order valence-electron chi connectivity index (χ2n) is 6.02. The fraction of sp³-hybridized carbons (Fsp3) is 0.588.